The second-order valence-corrected chi connectivity index (χ2v) is 31.4. The highest BCUT2D eigenvalue weighted by Gasteiger charge is 2.54. The molecular weight excluding hydrogens is 1430 g/mol. The van der Waals surface area contributed by atoms with Crippen LogP contribution in [0.4, 0.5) is 5.69 Å². The summed E-state index contributed by atoms with van der Waals surface area (Å²) in [7, 11) is 8.76. The fraction of sp³-hybridized carbons (Fsp3) is 0.529. The van der Waals surface area contributed by atoms with Crippen LogP contribution >= 0.6 is 0 Å². The van der Waals surface area contributed by atoms with E-state index in [0.717, 1.165) is 218 Å². The Balaban J connectivity index is 0.000000200. The van der Waals surface area contributed by atoms with Gasteiger partial charge in [-0.05, 0) is 117 Å². The molecule has 0 spiro atoms. The Morgan fingerprint density at radius 1 is 0.491 bits per heavy atom. The first-order valence-corrected chi connectivity index (χ1v) is 39.7. The van der Waals surface area contributed by atoms with Gasteiger partial charge in [0.15, 0.2) is 18.3 Å². The van der Waals surface area contributed by atoms with E-state index in [1.807, 2.05) is 42.5 Å². The van der Waals surface area contributed by atoms with Gasteiger partial charge in [0.05, 0.1) is 104 Å². The summed E-state index contributed by atoms with van der Waals surface area (Å²) in [4.78, 5) is 67.1. The van der Waals surface area contributed by atoms with Crippen molar-refractivity contribution >= 4 is 53.8 Å². The Hall–Kier alpha value is -9.55. The normalized spacial score (nSPS) is 23.2. The number of ether oxygens (including phenoxy) is 5. The molecule has 3 aliphatic heterocycles. The van der Waals surface area contributed by atoms with Crippen LogP contribution in [0.15, 0.2) is 166 Å². The standard InChI is InChI=1S/C30H38NO5.C27H35N2O5.C27H39N2O4.3CH2O2/c1-31(18-9-21-34-27-15-7-11-23-10-5-6-14-26(23)27)19-17-25(22-31)36-29(32)30(33,28-16-8-20-35-28)24-12-3-2-4-13-24;1-29(14-7-17-32-23-11-5-8-21(18-23)19-28)15-13-24(20-29)34-26(30)27(31,25-12-6-16-33-25)22-9-3-2-4-10-22;1-28(23-13-7-4-8-14-23)17-10-18-29(2)19-16-24(21-29)33-26(30)27(31,25-15-9-20-32-25)22-11-5-3-6-12-22;3*2-1-3/h5-8,10-11,14-16,20,24-25,33H,2-4,9,12-13,17-19,21-22H2,1H3;5-6,8,11-12,16,18,22,24,31H,2-4,7,9-10,13-15,17,20H2,1H3;4,7-9,13-15,20,22,24,31H,3,5-6,10-12,16-19,21H2,1-2H3;3*1H,(H,2,3)/q3*+1;;;/p-3/t25-,30?,31?;2*24-,27?,29?;;;/m111.../s1. The number of hydrogen-bond acceptors (Lipinski definition) is 22. The van der Waals surface area contributed by atoms with Crippen LogP contribution in [0.5, 0.6) is 11.5 Å². The zero-order valence-electron chi connectivity index (χ0n) is 65.5. The van der Waals surface area contributed by atoms with E-state index in [9.17, 15) is 29.7 Å². The first-order valence-electron chi connectivity index (χ1n) is 39.7. The molecule has 0 bridgehead atoms. The van der Waals surface area contributed by atoms with Crippen LogP contribution in [0.25, 0.3) is 10.8 Å². The highest BCUT2D eigenvalue weighted by atomic mass is 16.6. The molecule has 608 valence electrons. The number of rotatable bonds is 27. The lowest BCUT2D eigenvalue weighted by molar-refractivity contribution is -0.899. The number of nitrogens with zero attached hydrogens (tertiary/aromatic N) is 5. The SMILES string of the molecule is CN(CCC[N+]1(C)CC[C@@H](OC(=O)C(O)(c2ccco2)C2CCCCC2)C1)c1ccccc1.C[N+]1(CCCOc2cccc(C#N)c2)CC[C@@H](OC(=O)C(O)(c2ccco2)C2CCCCC2)C1.C[N+]1(CCCOc2cccc3ccccc23)CC[C@@H](OC(=O)C(O)(c2ccco2)C2CCCCC2)C1.O=C[O-].O=C[O-].O=C[O-]. The molecule has 6 aliphatic rings. The quantitative estimate of drug-likeness (QED) is 0.0142. The molecule has 0 radical (unpaired) electrons. The Bertz CT molecular complexity index is 3970. The van der Waals surface area contributed by atoms with Crippen LogP contribution in [-0.4, -0.2) is 191 Å². The monoisotopic (exact) mass is 1550 g/mol. The van der Waals surface area contributed by atoms with Crippen molar-refractivity contribution in [3.8, 4) is 17.6 Å². The second kappa shape index (κ2) is 43.5. The van der Waals surface area contributed by atoms with E-state index in [1.165, 1.54) is 29.9 Å². The third kappa shape index (κ3) is 24.2. The minimum Gasteiger partial charge on any atom is -0.554 e. The molecule has 7 aromatic rings. The number of carbonyl (C=O) groups excluding carboxylic acids is 6. The van der Waals surface area contributed by atoms with Gasteiger partial charge in [-0.2, -0.15) is 5.26 Å². The van der Waals surface area contributed by atoms with E-state index < -0.39 is 54.1 Å². The number of carboxylic acid groups (broad SMARTS) is 3. The predicted molar refractivity (Wildman–Crippen MR) is 411 cm³/mol. The Morgan fingerprint density at radius 3 is 1.27 bits per heavy atom. The second-order valence-electron chi connectivity index (χ2n) is 31.4. The van der Waals surface area contributed by atoms with E-state index in [1.54, 1.807) is 48.5 Å². The fourth-order valence-electron chi connectivity index (χ4n) is 17.2. The lowest BCUT2D eigenvalue weighted by atomic mass is 9.75. The Morgan fingerprint density at radius 2 is 0.866 bits per heavy atom. The van der Waals surface area contributed by atoms with Crippen LogP contribution in [0.3, 0.4) is 0 Å². The number of quaternary nitrogens is 3. The van der Waals surface area contributed by atoms with Gasteiger partial charge < -0.3 is 100 Å². The molecule has 25 heteroatoms. The number of esters is 3. The zero-order valence-corrected chi connectivity index (χ0v) is 65.5. The van der Waals surface area contributed by atoms with Gasteiger partial charge in [0.25, 0.3) is 0 Å². The van der Waals surface area contributed by atoms with Gasteiger partial charge in [0.2, 0.25) is 16.8 Å². The minimum atomic E-state index is -1.72. The average Bonchev–Trinajstić information content (AvgIpc) is 1.42. The molecule has 0 amide bonds. The number of carbonyl (C=O) groups is 6. The van der Waals surface area contributed by atoms with Crippen molar-refractivity contribution in [3.63, 3.8) is 0 Å². The van der Waals surface area contributed by atoms with Gasteiger partial charge in [0, 0.05) is 100 Å². The van der Waals surface area contributed by atoms with Crippen molar-refractivity contribution in [2.45, 2.75) is 170 Å². The summed E-state index contributed by atoms with van der Waals surface area (Å²) in [5.74, 6) is 0.370. The van der Waals surface area contributed by atoms with E-state index in [0.29, 0.717) is 42.6 Å². The molecular formula is C87H115N5O20. The number of benzene rings is 4. The number of nitriles is 1. The predicted octanol–water partition coefficient (Wildman–Crippen LogP) is 9.02. The lowest BCUT2D eigenvalue weighted by Gasteiger charge is -2.35. The number of para-hydroxylation sites is 1. The van der Waals surface area contributed by atoms with E-state index in [-0.39, 0.29) is 41.8 Å². The van der Waals surface area contributed by atoms with Crippen LogP contribution in [0, 0.1) is 29.1 Å². The van der Waals surface area contributed by atoms with Gasteiger partial charge in [-0.3, -0.25) is 0 Å². The molecule has 3 saturated carbocycles. The van der Waals surface area contributed by atoms with Gasteiger partial charge in [-0.25, -0.2) is 14.4 Å². The van der Waals surface area contributed by atoms with Crippen molar-refractivity contribution in [3.05, 3.63) is 175 Å². The van der Waals surface area contributed by atoms with E-state index >= 15 is 0 Å². The van der Waals surface area contributed by atoms with E-state index in [4.69, 9.17) is 71.9 Å². The lowest BCUT2D eigenvalue weighted by Crippen LogP contribution is -2.48. The minimum absolute atomic E-state index is 0.152. The average molecular weight is 1550 g/mol. The fourth-order valence-corrected chi connectivity index (χ4v) is 17.2. The summed E-state index contributed by atoms with van der Waals surface area (Å²) in [6.07, 6.45) is 23.5. The molecule has 6 heterocycles. The number of anilines is 1. The summed E-state index contributed by atoms with van der Waals surface area (Å²) in [6, 6.07) is 44.4. The number of likely N-dealkylation sites (N-methyl/N-ethyl adjacent to an activating group) is 3. The van der Waals surface area contributed by atoms with Gasteiger partial charge in [-0.1, -0.05) is 118 Å². The first kappa shape index (κ1) is 88.0. The van der Waals surface area contributed by atoms with Gasteiger partial charge in [0.1, 0.15) is 48.4 Å². The number of furan rings is 3. The Kier molecular flexibility index (Phi) is 34.2. The van der Waals surface area contributed by atoms with Crippen LogP contribution in [-0.2, 0) is 59.8 Å². The zero-order chi connectivity index (χ0) is 80.5. The van der Waals surface area contributed by atoms with Gasteiger partial charge >= 0.3 is 17.9 Å². The highest BCUT2D eigenvalue weighted by Crippen LogP contribution is 2.45. The number of aliphatic hydroxyl groups is 3. The largest absolute Gasteiger partial charge is 0.554 e. The topological polar surface area (TPSA) is 345 Å². The molecule has 9 atom stereocenters. The van der Waals surface area contributed by atoms with E-state index in [2.05, 4.69) is 81.6 Å². The van der Waals surface area contributed by atoms with Gasteiger partial charge in [-0.15, -0.1) is 0 Å². The number of fused-ring (bicyclic) bond motifs is 1. The highest BCUT2D eigenvalue weighted by molar-refractivity contribution is 5.88. The molecule has 6 fully saturated rings. The molecule has 4 aromatic carbocycles. The summed E-state index contributed by atoms with van der Waals surface area (Å²) < 4.78 is 48.9. The third-order valence-corrected chi connectivity index (χ3v) is 23.3. The molecule has 3 saturated heterocycles. The summed E-state index contributed by atoms with van der Waals surface area (Å²) in [6.45, 7) is 8.67. The maximum absolute atomic E-state index is 13.4. The summed E-state index contributed by atoms with van der Waals surface area (Å²) in [5.41, 5.74) is -3.30. The molecule has 3 aliphatic carbocycles. The van der Waals surface area contributed by atoms with Crippen molar-refractivity contribution in [2.75, 3.05) is 112 Å². The van der Waals surface area contributed by atoms with Crippen molar-refractivity contribution in [1.29, 1.82) is 5.26 Å². The number of likely N-dealkylation sites (tertiary alicyclic amines) is 3. The van der Waals surface area contributed by atoms with Crippen molar-refractivity contribution in [2.24, 2.45) is 17.8 Å². The molecule has 25 nitrogen and oxygen atoms in total. The number of hydrogen-bond donors (Lipinski definition) is 3. The molecule has 6 unspecified atom stereocenters. The summed E-state index contributed by atoms with van der Waals surface area (Å²) >= 11 is 0. The molecule has 13 rings (SSSR count). The van der Waals surface area contributed by atoms with Crippen molar-refractivity contribution < 1.29 is 110 Å². The molecule has 112 heavy (non-hydrogen) atoms. The summed E-state index contributed by atoms with van der Waals surface area (Å²) in [5, 5.41) is 70.9. The van der Waals surface area contributed by atoms with Crippen molar-refractivity contribution in [1.82, 2.24) is 0 Å². The molecule has 3 N–H and O–H groups in total. The Labute approximate surface area is 657 Å². The van der Waals surface area contributed by atoms with Crippen LogP contribution in [0.2, 0.25) is 0 Å². The maximum Gasteiger partial charge on any atom is 0.346 e. The van der Waals surface area contributed by atoms with Crippen LogP contribution < -0.4 is 29.7 Å². The van der Waals surface area contributed by atoms with Crippen LogP contribution in [0.1, 0.15) is 158 Å². The smallest absolute Gasteiger partial charge is 0.346 e. The molecule has 3 aromatic heterocycles. The first-order chi connectivity index (χ1) is 54.1. The third-order valence-electron chi connectivity index (χ3n) is 23.3. The maximum atomic E-state index is 13.4.